The zero-order valence-corrected chi connectivity index (χ0v) is 16.2. The summed E-state index contributed by atoms with van der Waals surface area (Å²) in [7, 11) is 0. The van der Waals surface area contributed by atoms with E-state index >= 15 is 0 Å². The quantitative estimate of drug-likeness (QED) is 0.810. The van der Waals surface area contributed by atoms with Crippen molar-refractivity contribution in [2.45, 2.75) is 32.7 Å². The first-order valence-electron chi connectivity index (χ1n) is 9.08. The molecule has 2 heterocycles. The van der Waals surface area contributed by atoms with Crippen molar-refractivity contribution in [1.29, 1.82) is 0 Å². The third-order valence-corrected chi connectivity index (χ3v) is 5.30. The number of hydrogen-bond acceptors (Lipinski definition) is 3. The number of pyridine rings is 1. The third kappa shape index (κ3) is 3.79. The van der Waals surface area contributed by atoms with Gasteiger partial charge in [0.15, 0.2) is 0 Å². The second-order valence-electron chi connectivity index (χ2n) is 7.89. The minimum atomic E-state index is -0.938. The molecule has 1 atom stereocenters. The summed E-state index contributed by atoms with van der Waals surface area (Å²) in [5.74, 6) is 5.81. The van der Waals surface area contributed by atoms with Crippen molar-refractivity contribution in [3.8, 4) is 17.6 Å². The van der Waals surface area contributed by atoms with Gasteiger partial charge in [-0.15, -0.1) is 0 Å². The molecule has 0 spiro atoms. The molecule has 1 aromatic carbocycles. The molecule has 1 aliphatic heterocycles. The zero-order chi connectivity index (χ0) is 20.4. The summed E-state index contributed by atoms with van der Waals surface area (Å²) in [6.07, 6.45) is 2.94. The summed E-state index contributed by atoms with van der Waals surface area (Å²) in [6, 6.07) is 8.04. The maximum absolute atomic E-state index is 13.7. The van der Waals surface area contributed by atoms with Gasteiger partial charge in [0, 0.05) is 18.3 Å². The maximum Gasteiger partial charge on any atom is 0.407 e. The van der Waals surface area contributed by atoms with Crippen LogP contribution in [-0.2, 0) is 0 Å². The fourth-order valence-electron chi connectivity index (χ4n) is 3.39. The van der Waals surface area contributed by atoms with E-state index in [9.17, 15) is 14.3 Å². The van der Waals surface area contributed by atoms with Gasteiger partial charge in [-0.05, 0) is 30.0 Å². The van der Waals surface area contributed by atoms with Crippen molar-refractivity contribution in [3.05, 3.63) is 59.7 Å². The van der Waals surface area contributed by atoms with Gasteiger partial charge in [0.25, 0.3) is 0 Å². The smallest absolute Gasteiger partial charge is 0.407 e. The highest BCUT2D eigenvalue weighted by Gasteiger charge is 2.55. The van der Waals surface area contributed by atoms with E-state index in [1.165, 1.54) is 11.0 Å². The second kappa shape index (κ2) is 7.51. The van der Waals surface area contributed by atoms with E-state index in [1.54, 1.807) is 36.7 Å². The van der Waals surface area contributed by atoms with Crippen LogP contribution in [0.5, 0.6) is 5.75 Å². The lowest BCUT2D eigenvalue weighted by atomic mass is 9.66. The molecule has 0 saturated carbocycles. The lowest BCUT2D eigenvalue weighted by Gasteiger charge is -2.57. The highest BCUT2D eigenvalue weighted by atomic mass is 19.1. The Morgan fingerprint density at radius 1 is 1.32 bits per heavy atom. The number of nitrogens with zero attached hydrogens (tertiary/aromatic N) is 2. The summed E-state index contributed by atoms with van der Waals surface area (Å²) < 4.78 is 19.6. The Bertz CT molecular complexity index is 943. The predicted molar refractivity (Wildman–Crippen MR) is 104 cm³/mol. The van der Waals surface area contributed by atoms with Gasteiger partial charge >= 0.3 is 6.09 Å². The Hall–Kier alpha value is -3.07. The van der Waals surface area contributed by atoms with E-state index in [4.69, 9.17) is 4.74 Å². The van der Waals surface area contributed by atoms with Gasteiger partial charge < -0.3 is 9.84 Å². The Morgan fingerprint density at radius 2 is 2.07 bits per heavy atom. The molecule has 1 saturated heterocycles. The highest BCUT2D eigenvalue weighted by molar-refractivity contribution is 5.68. The van der Waals surface area contributed by atoms with Crippen molar-refractivity contribution < 1.29 is 19.0 Å². The van der Waals surface area contributed by atoms with Crippen LogP contribution >= 0.6 is 0 Å². The Balaban J connectivity index is 1.77. The molecule has 1 aromatic heterocycles. The van der Waals surface area contributed by atoms with Crippen molar-refractivity contribution in [2.24, 2.45) is 5.41 Å². The second-order valence-corrected chi connectivity index (χ2v) is 7.89. The van der Waals surface area contributed by atoms with Crippen LogP contribution in [0, 0.1) is 23.1 Å². The molecule has 1 N–H and O–H groups in total. The van der Waals surface area contributed by atoms with E-state index in [2.05, 4.69) is 16.8 Å². The average Bonchev–Trinajstić information content (AvgIpc) is 2.59. The minimum Gasteiger partial charge on any atom is -0.489 e. The standard InChI is InChI=1S/C22H23FN2O3/c1-21(2,3)22(10-11-25(22)20(26)27)15-28-18-12-16(13-24-14-18)8-9-17-6-4-5-7-19(17)23/h4-7,12-14H,10-11,15H2,1-3H3,(H,26,27). The van der Waals surface area contributed by atoms with Crippen molar-refractivity contribution >= 4 is 6.09 Å². The number of amides is 1. The first kappa shape index (κ1) is 19.7. The van der Waals surface area contributed by atoms with Crippen LogP contribution in [0.3, 0.4) is 0 Å². The summed E-state index contributed by atoms with van der Waals surface area (Å²) in [5, 5.41) is 9.48. The van der Waals surface area contributed by atoms with Crippen molar-refractivity contribution in [3.63, 3.8) is 0 Å². The van der Waals surface area contributed by atoms with Crippen LogP contribution in [-0.4, -0.2) is 39.8 Å². The number of carbonyl (C=O) groups is 1. The van der Waals surface area contributed by atoms with Gasteiger partial charge in [0.2, 0.25) is 0 Å². The summed E-state index contributed by atoms with van der Waals surface area (Å²) in [5.41, 5.74) is 0.0360. The van der Waals surface area contributed by atoms with E-state index in [0.29, 0.717) is 23.4 Å². The number of halogens is 1. The number of likely N-dealkylation sites (tertiary alicyclic amines) is 1. The van der Waals surface area contributed by atoms with E-state index in [-0.39, 0.29) is 17.8 Å². The fourth-order valence-corrected chi connectivity index (χ4v) is 3.39. The summed E-state index contributed by atoms with van der Waals surface area (Å²) >= 11 is 0. The van der Waals surface area contributed by atoms with E-state index < -0.39 is 11.6 Å². The lowest BCUT2D eigenvalue weighted by molar-refractivity contribution is -0.0962. The molecular formula is C22H23FN2O3. The van der Waals surface area contributed by atoms with Gasteiger partial charge in [0.1, 0.15) is 18.2 Å². The largest absolute Gasteiger partial charge is 0.489 e. The molecule has 0 bridgehead atoms. The van der Waals surface area contributed by atoms with Crippen LogP contribution in [0.4, 0.5) is 9.18 Å². The third-order valence-electron chi connectivity index (χ3n) is 5.30. The zero-order valence-electron chi connectivity index (χ0n) is 16.2. The summed E-state index contributed by atoms with van der Waals surface area (Å²) in [6.45, 7) is 6.77. The average molecular weight is 382 g/mol. The maximum atomic E-state index is 13.7. The van der Waals surface area contributed by atoms with E-state index in [0.717, 1.165) is 6.42 Å². The van der Waals surface area contributed by atoms with Crippen LogP contribution in [0.2, 0.25) is 0 Å². The normalized spacial score (nSPS) is 18.6. The fraction of sp³-hybridized carbons (Fsp3) is 0.364. The Labute approximate surface area is 164 Å². The van der Waals surface area contributed by atoms with Crippen LogP contribution in [0.15, 0.2) is 42.7 Å². The molecule has 0 radical (unpaired) electrons. The van der Waals surface area contributed by atoms with Gasteiger partial charge in [-0.2, -0.15) is 0 Å². The monoisotopic (exact) mass is 382 g/mol. The van der Waals surface area contributed by atoms with E-state index in [1.807, 2.05) is 20.8 Å². The number of aromatic nitrogens is 1. The van der Waals surface area contributed by atoms with Gasteiger partial charge in [-0.1, -0.05) is 44.7 Å². The number of benzene rings is 1. The predicted octanol–water partition coefficient (Wildman–Crippen LogP) is 4.17. The molecular weight excluding hydrogens is 359 g/mol. The van der Waals surface area contributed by atoms with Crippen LogP contribution in [0.1, 0.15) is 38.3 Å². The molecule has 28 heavy (non-hydrogen) atoms. The molecule has 1 unspecified atom stereocenters. The molecule has 0 aliphatic carbocycles. The summed E-state index contributed by atoms with van der Waals surface area (Å²) in [4.78, 5) is 17.1. The lowest BCUT2D eigenvalue weighted by Crippen LogP contribution is -2.70. The molecule has 3 rings (SSSR count). The first-order chi connectivity index (χ1) is 13.2. The molecule has 5 nitrogen and oxygen atoms in total. The molecule has 6 heteroatoms. The minimum absolute atomic E-state index is 0.231. The SMILES string of the molecule is CC(C)(C)C1(COc2cncc(C#Cc3ccccc3F)c2)CCN1C(=O)O. The van der Waals surface area contributed by atoms with Crippen molar-refractivity contribution in [1.82, 2.24) is 9.88 Å². The van der Waals surface area contributed by atoms with Gasteiger partial charge in [-0.3, -0.25) is 9.88 Å². The first-order valence-corrected chi connectivity index (χ1v) is 9.08. The van der Waals surface area contributed by atoms with Crippen LogP contribution < -0.4 is 4.74 Å². The number of carboxylic acid groups (broad SMARTS) is 1. The molecule has 146 valence electrons. The van der Waals surface area contributed by atoms with Gasteiger partial charge in [0.05, 0.1) is 17.3 Å². The number of rotatable bonds is 3. The van der Waals surface area contributed by atoms with Crippen LogP contribution in [0.25, 0.3) is 0 Å². The topological polar surface area (TPSA) is 62.7 Å². The van der Waals surface area contributed by atoms with Gasteiger partial charge in [-0.25, -0.2) is 9.18 Å². The highest BCUT2D eigenvalue weighted by Crippen LogP contribution is 2.45. The Kier molecular flexibility index (Phi) is 5.28. The molecule has 1 aliphatic rings. The number of ether oxygens (including phenoxy) is 1. The van der Waals surface area contributed by atoms with Crippen molar-refractivity contribution in [2.75, 3.05) is 13.2 Å². The molecule has 1 amide bonds. The molecule has 2 aromatic rings. The Morgan fingerprint density at radius 3 is 2.68 bits per heavy atom. The number of hydrogen-bond donors (Lipinski definition) is 1. The molecule has 1 fully saturated rings.